The van der Waals surface area contributed by atoms with Crippen molar-refractivity contribution < 1.29 is 18.7 Å². The largest absolute Gasteiger partial charge is 0.480 e. The zero-order valence-electron chi connectivity index (χ0n) is 8.41. The summed E-state index contributed by atoms with van der Waals surface area (Å²) < 4.78 is 26.5. The third-order valence-electron chi connectivity index (χ3n) is 2.62. The minimum atomic E-state index is -1.08. The monoisotopic (exact) mass is 227 g/mol. The standard InChI is InChI=1S/C11H11F2NO2/c12-7-2-1-3-8(13)10(7)14-9(11(15)16)6-4-5-6/h1-3,6,9,14H,4-5H2,(H,15,16). The first-order chi connectivity index (χ1) is 7.59. The van der Waals surface area contributed by atoms with Gasteiger partial charge in [0.15, 0.2) is 0 Å². The number of carboxylic acid groups (broad SMARTS) is 1. The molecule has 1 unspecified atom stereocenters. The molecule has 1 atom stereocenters. The Morgan fingerprint density at radius 1 is 1.38 bits per heavy atom. The Balaban J connectivity index is 2.21. The van der Waals surface area contributed by atoms with Gasteiger partial charge in [-0.1, -0.05) is 6.07 Å². The second-order valence-electron chi connectivity index (χ2n) is 3.89. The molecule has 0 spiro atoms. The van der Waals surface area contributed by atoms with Crippen LogP contribution in [-0.2, 0) is 4.79 Å². The van der Waals surface area contributed by atoms with E-state index in [0.29, 0.717) is 0 Å². The van der Waals surface area contributed by atoms with Crippen molar-refractivity contribution in [2.45, 2.75) is 18.9 Å². The van der Waals surface area contributed by atoms with Crippen LogP contribution in [0.2, 0.25) is 0 Å². The van der Waals surface area contributed by atoms with Crippen LogP contribution < -0.4 is 5.32 Å². The predicted molar refractivity (Wildman–Crippen MR) is 54.1 cm³/mol. The lowest BCUT2D eigenvalue weighted by Crippen LogP contribution is -2.32. The highest BCUT2D eigenvalue weighted by atomic mass is 19.1. The Bertz CT molecular complexity index is 398. The number of nitrogens with one attached hydrogen (secondary N) is 1. The van der Waals surface area contributed by atoms with E-state index in [2.05, 4.69) is 5.32 Å². The van der Waals surface area contributed by atoms with E-state index in [1.165, 1.54) is 6.07 Å². The van der Waals surface area contributed by atoms with Crippen molar-refractivity contribution in [3.8, 4) is 0 Å². The first-order valence-electron chi connectivity index (χ1n) is 5.03. The van der Waals surface area contributed by atoms with Gasteiger partial charge in [0.05, 0.1) is 0 Å². The van der Waals surface area contributed by atoms with Crippen LogP contribution in [0, 0.1) is 17.6 Å². The van der Waals surface area contributed by atoms with Gasteiger partial charge in [-0.05, 0) is 30.9 Å². The van der Waals surface area contributed by atoms with Crippen molar-refractivity contribution in [1.82, 2.24) is 0 Å². The number of benzene rings is 1. The van der Waals surface area contributed by atoms with E-state index in [0.717, 1.165) is 25.0 Å². The SMILES string of the molecule is O=C(O)C(Nc1c(F)cccc1F)C1CC1. The highest BCUT2D eigenvalue weighted by Crippen LogP contribution is 2.35. The Kier molecular flexibility index (Phi) is 2.77. The summed E-state index contributed by atoms with van der Waals surface area (Å²) in [6, 6.07) is 2.52. The molecule has 0 aromatic heterocycles. The number of rotatable bonds is 4. The molecule has 2 rings (SSSR count). The highest BCUT2D eigenvalue weighted by Gasteiger charge is 2.37. The fourth-order valence-corrected chi connectivity index (χ4v) is 1.60. The van der Waals surface area contributed by atoms with E-state index in [4.69, 9.17) is 5.11 Å². The van der Waals surface area contributed by atoms with Gasteiger partial charge in [0.1, 0.15) is 23.4 Å². The number of anilines is 1. The number of para-hydroxylation sites is 1. The maximum atomic E-state index is 13.3. The molecule has 0 saturated heterocycles. The van der Waals surface area contributed by atoms with E-state index in [9.17, 15) is 13.6 Å². The van der Waals surface area contributed by atoms with Crippen LogP contribution in [0.5, 0.6) is 0 Å². The number of aliphatic carboxylic acids is 1. The van der Waals surface area contributed by atoms with Gasteiger partial charge in [0, 0.05) is 0 Å². The molecule has 1 aliphatic carbocycles. The lowest BCUT2D eigenvalue weighted by Gasteiger charge is -2.15. The minimum absolute atomic E-state index is 0.0310. The number of hydrogen-bond donors (Lipinski definition) is 2. The normalized spacial score (nSPS) is 16.9. The van der Waals surface area contributed by atoms with Crippen LogP contribution in [0.4, 0.5) is 14.5 Å². The smallest absolute Gasteiger partial charge is 0.326 e. The van der Waals surface area contributed by atoms with Crippen LogP contribution in [0.1, 0.15) is 12.8 Å². The molecule has 0 bridgehead atoms. The molecular formula is C11H11F2NO2. The lowest BCUT2D eigenvalue weighted by molar-refractivity contribution is -0.138. The Morgan fingerprint density at radius 3 is 2.38 bits per heavy atom. The zero-order valence-corrected chi connectivity index (χ0v) is 8.41. The van der Waals surface area contributed by atoms with Crippen LogP contribution in [-0.4, -0.2) is 17.1 Å². The fraction of sp³-hybridized carbons (Fsp3) is 0.364. The molecule has 0 heterocycles. The maximum absolute atomic E-state index is 13.3. The second-order valence-corrected chi connectivity index (χ2v) is 3.89. The lowest BCUT2D eigenvalue weighted by atomic mass is 10.1. The van der Waals surface area contributed by atoms with Crippen LogP contribution >= 0.6 is 0 Å². The summed E-state index contributed by atoms with van der Waals surface area (Å²) in [6.07, 6.45) is 1.56. The van der Waals surface area contributed by atoms with Gasteiger partial charge in [-0.2, -0.15) is 0 Å². The van der Waals surface area contributed by atoms with Gasteiger partial charge in [-0.3, -0.25) is 0 Å². The van der Waals surface area contributed by atoms with Crippen LogP contribution in [0.25, 0.3) is 0 Å². The molecule has 1 aromatic rings. The van der Waals surface area contributed by atoms with Crippen molar-refractivity contribution in [3.63, 3.8) is 0 Å². The van der Waals surface area contributed by atoms with E-state index in [1.807, 2.05) is 0 Å². The van der Waals surface area contributed by atoms with Gasteiger partial charge in [0.2, 0.25) is 0 Å². The average Bonchev–Trinajstić information content (AvgIpc) is 3.00. The van der Waals surface area contributed by atoms with Gasteiger partial charge < -0.3 is 10.4 Å². The van der Waals surface area contributed by atoms with E-state index in [-0.39, 0.29) is 11.6 Å². The third kappa shape index (κ3) is 2.13. The van der Waals surface area contributed by atoms with Gasteiger partial charge in [-0.25, -0.2) is 13.6 Å². The molecule has 86 valence electrons. The predicted octanol–water partition coefficient (Wildman–Crippen LogP) is 2.24. The summed E-state index contributed by atoms with van der Waals surface area (Å²) in [6.45, 7) is 0. The summed E-state index contributed by atoms with van der Waals surface area (Å²) in [7, 11) is 0. The number of halogens is 2. The molecule has 1 aliphatic rings. The van der Waals surface area contributed by atoms with Crippen LogP contribution in [0.15, 0.2) is 18.2 Å². The Labute approximate surface area is 91.1 Å². The van der Waals surface area contributed by atoms with Crippen molar-refractivity contribution in [1.29, 1.82) is 0 Å². The molecule has 16 heavy (non-hydrogen) atoms. The topological polar surface area (TPSA) is 49.3 Å². The summed E-state index contributed by atoms with van der Waals surface area (Å²) >= 11 is 0. The maximum Gasteiger partial charge on any atom is 0.326 e. The summed E-state index contributed by atoms with van der Waals surface area (Å²) in [5.41, 5.74) is -0.359. The van der Waals surface area contributed by atoms with Gasteiger partial charge >= 0.3 is 5.97 Å². The molecule has 1 fully saturated rings. The Morgan fingerprint density at radius 2 is 1.94 bits per heavy atom. The van der Waals surface area contributed by atoms with Gasteiger partial charge in [0.25, 0.3) is 0 Å². The molecule has 0 amide bonds. The molecule has 2 N–H and O–H groups in total. The highest BCUT2D eigenvalue weighted by molar-refractivity contribution is 5.78. The first kappa shape index (κ1) is 10.9. The molecule has 1 aromatic carbocycles. The van der Waals surface area contributed by atoms with Gasteiger partial charge in [-0.15, -0.1) is 0 Å². The quantitative estimate of drug-likeness (QED) is 0.829. The third-order valence-corrected chi connectivity index (χ3v) is 2.62. The molecule has 1 saturated carbocycles. The van der Waals surface area contributed by atoms with E-state index < -0.39 is 23.6 Å². The molecule has 3 nitrogen and oxygen atoms in total. The van der Waals surface area contributed by atoms with E-state index >= 15 is 0 Å². The van der Waals surface area contributed by atoms with Crippen molar-refractivity contribution in [3.05, 3.63) is 29.8 Å². The minimum Gasteiger partial charge on any atom is -0.480 e. The molecule has 0 radical (unpaired) electrons. The first-order valence-corrected chi connectivity index (χ1v) is 5.03. The molecule has 0 aliphatic heterocycles. The molecular weight excluding hydrogens is 216 g/mol. The number of carboxylic acids is 1. The van der Waals surface area contributed by atoms with Crippen molar-refractivity contribution in [2.24, 2.45) is 5.92 Å². The molecule has 5 heteroatoms. The van der Waals surface area contributed by atoms with Crippen LogP contribution in [0.3, 0.4) is 0 Å². The summed E-state index contributed by atoms with van der Waals surface area (Å²) in [4.78, 5) is 10.9. The number of hydrogen-bond acceptors (Lipinski definition) is 2. The fourth-order valence-electron chi connectivity index (χ4n) is 1.60. The zero-order chi connectivity index (χ0) is 11.7. The van der Waals surface area contributed by atoms with E-state index in [1.54, 1.807) is 0 Å². The average molecular weight is 227 g/mol. The van der Waals surface area contributed by atoms with Crippen molar-refractivity contribution >= 4 is 11.7 Å². The van der Waals surface area contributed by atoms with Crippen molar-refractivity contribution in [2.75, 3.05) is 5.32 Å². The second kappa shape index (κ2) is 4.08. The number of carbonyl (C=O) groups is 1. The summed E-state index contributed by atoms with van der Waals surface area (Å²) in [5, 5.41) is 11.3. The summed E-state index contributed by atoms with van der Waals surface area (Å²) in [5.74, 6) is -2.65. The Hall–Kier alpha value is -1.65.